The predicted octanol–water partition coefficient (Wildman–Crippen LogP) is 1.98. The molecule has 1 amide bonds. The van der Waals surface area contributed by atoms with Crippen LogP contribution >= 0.6 is 11.6 Å². The lowest BCUT2D eigenvalue weighted by molar-refractivity contribution is -0.929. The summed E-state index contributed by atoms with van der Waals surface area (Å²) in [5, 5.41) is 0.786. The summed E-state index contributed by atoms with van der Waals surface area (Å²) in [6.45, 7) is 3.56. The highest BCUT2D eigenvalue weighted by molar-refractivity contribution is 7.89. The van der Waals surface area contributed by atoms with Gasteiger partial charge in [-0.25, -0.2) is 13.4 Å². The van der Waals surface area contributed by atoms with Crippen molar-refractivity contribution < 1.29 is 18.1 Å². The third kappa shape index (κ3) is 5.20. The predicted molar refractivity (Wildman–Crippen MR) is 137 cm³/mol. The monoisotopic (exact) mass is 528 g/mol. The Kier molecular flexibility index (Phi) is 7.43. The van der Waals surface area contributed by atoms with Gasteiger partial charge in [-0.3, -0.25) is 4.79 Å². The Bertz CT molecular complexity index is 1260. The summed E-state index contributed by atoms with van der Waals surface area (Å²) in [5.41, 5.74) is 2.44. The van der Waals surface area contributed by atoms with Gasteiger partial charge in [0, 0.05) is 29.2 Å². The minimum atomic E-state index is -3.67. The molecule has 5 rings (SSSR count). The van der Waals surface area contributed by atoms with Crippen molar-refractivity contribution in [2.75, 3.05) is 39.3 Å². The quantitative estimate of drug-likeness (QED) is 0.512. The summed E-state index contributed by atoms with van der Waals surface area (Å²) in [6.07, 6.45) is 4.04. The molecule has 0 bridgehead atoms. The van der Waals surface area contributed by atoms with E-state index in [9.17, 15) is 13.2 Å². The van der Waals surface area contributed by atoms with Crippen LogP contribution in [0.15, 0.2) is 72.1 Å². The highest BCUT2D eigenvalue weighted by Gasteiger charge is 2.38. The number of hydrogen-bond acceptors (Lipinski definition) is 4. The number of piperazine rings is 1. The zero-order valence-corrected chi connectivity index (χ0v) is 21.6. The number of carbonyl (C=O) groups is 1. The first kappa shape index (κ1) is 25.0. The van der Waals surface area contributed by atoms with Crippen LogP contribution in [0.1, 0.15) is 30.0 Å². The largest absolute Gasteiger partial charge is 0.335 e. The van der Waals surface area contributed by atoms with Gasteiger partial charge in [0.25, 0.3) is 10.0 Å². The number of aromatic amines is 1. The summed E-state index contributed by atoms with van der Waals surface area (Å²) in [7, 11) is -3.67. The number of amides is 1. The summed E-state index contributed by atoms with van der Waals surface area (Å²) in [5.74, 6) is -0.263. The number of quaternary nitrogens is 1. The van der Waals surface area contributed by atoms with Crippen molar-refractivity contribution >= 4 is 27.5 Å². The maximum Gasteiger partial charge on any atom is 0.260 e. The van der Waals surface area contributed by atoms with E-state index in [1.54, 1.807) is 0 Å². The van der Waals surface area contributed by atoms with Crippen molar-refractivity contribution in [1.29, 1.82) is 0 Å². The number of H-pyrrole nitrogens is 1. The van der Waals surface area contributed by atoms with E-state index in [1.807, 2.05) is 23.1 Å². The first-order valence-corrected chi connectivity index (χ1v) is 14.2. The summed E-state index contributed by atoms with van der Waals surface area (Å²) >= 11 is 6.15. The molecule has 36 heavy (non-hydrogen) atoms. The van der Waals surface area contributed by atoms with Crippen LogP contribution in [0.25, 0.3) is 0 Å². The van der Waals surface area contributed by atoms with Gasteiger partial charge in [-0.2, -0.15) is 4.31 Å². The Balaban J connectivity index is 1.26. The number of nitrogens with one attached hydrogen (secondary N) is 2. The number of nitrogens with zero attached hydrogens (tertiary/aromatic N) is 3. The molecule has 3 heterocycles. The molecule has 2 unspecified atom stereocenters. The molecule has 8 nitrogen and oxygen atoms in total. The maximum absolute atomic E-state index is 13.4. The van der Waals surface area contributed by atoms with Gasteiger partial charge in [0.05, 0.1) is 44.6 Å². The molecule has 0 aliphatic carbocycles. The Hall–Kier alpha value is -2.72. The number of halogens is 1. The van der Waals surface area contributed by atoms with E-state index in [2.05, 4.69) is 46.4 Å². The van der Waals surface area contributed by atoms with Crippen molar-refractivity contribution in [1.82, 2.24) is 19.2 Å². The molecule has 2 saturated heterocycles. The molecule has 1 aromatic heterocycles. The Labute approximate surface area is 216 Å². The van der Waals surface area contributed by atoms with Gasteiger partial charge in [-0.1, -0.05) is 54.1 Å². The number of aromatic nitrogens is 2. The SMILES string of the molecule is O=C(C1CCCN(S(=O)(=O)c2cnc[nH]2)C1)N1CC[NH+](C(c2ccccc2)c2ccc(Cl)cc2)CC1. The van der Waals surface area contributed by atoms with Crippen LogP contribution in [0.3, 0.4) is 0 Å². The lowest BCUT2D eigenvalue weighted by Crippen LogP contribution is -3.15. The number of benzene rings is 2. The second kappa shape index (κ2) is 10.7. The van der Waals surface area contributed by atoms with Crippen molar-refractivity contribution in [3.05, 3.63) is 83.3 Å². The summed E-state index contributed by atoms with van der Waals surface area (Å²) in [6, 6.07) is 18.6. The standard InChI is InChI=1S/C26H30ClN5O3S/c27-23-10-8-21(9-11-23)25(20-5-2-1-3-6-20)30-13-15-31(16-14-30)26(33)22-7-4-12-32(18-22)36(34,35)24-17-28-19-29-24/h1-3,5-6,8-11,17,19,22,25H,4,7,12-16,18H2,(H,28,29)/p+1. The number of carbonyl (C=O) groups excluding carboxylic acids is 1. The van der Waals surface area contributed by atoms with Crippen LogP contribution in [0.2, 0.25) is 5.02 Å². The maximum atomic E-state index is 13.4. The molecule has 2 aliphatic heterocycles. The number of imidazole rings is 1. The van der Waals surface area contributed by atoms with Crippen LogP contribution in [-0.4, -0.2) is 72.8 Å². The van der Waals surface area contributed by atoms with Gasteiger partial charge < -0.3 is 14.8 Å². The molecule has 2 fully saturated rings. The van der Waals surface area contributed by atoms with E-state index in [0.717, 1.165) is 13.1 Å². The average Bonchev–Trinajstić information content (AvgIpc) is 3.47. The van der Waals surface area contributed by atoms with E-state index in [-0.39, 0.29) is 29.4 Å². The Morgan fingerprint density at radius 2 is 1.72 bits per heavy atom. The molecule has 190 valence electrons. The van der Waals surface area contributed by atoms with Crippen LogP contribution in [0.4, 0.5) is 0 Å². The van der Waals surface area contributed by atoms with E-state index in [0.29, 0.717) is 37.5 Å². The molecule has 0 radical (unpaired) electrons. The van der Waals surface area contributed by atoms with Gasteiger partial charge in [0.1, 0.15) is 6.04 Å². The fraction of sp³-hybridized carbons (Fsp3) is 0.385. The van der Waals surface area contributed by atoms with Crippen molar-refractivity contribution in [3.8, 4) is 0 Å². The molecule has 2 atom stereocenters. The van der Waals surface area contributed by atoms with E-state index in [4.69, 9.17) is 11.6 Å². The second-order valence-corrected chi connectivity index (χ2v) is 11.8. The summed E-state index contributed by atoms with van der Waals surface area (Å²) in [4.78, 5) is 23.3. The van der Waals surface area contributed by atoms with Gasteiger partial charge in [-0.15, -0.1) is 0 Å². The lowest BCUT2D eigenvalue weighted by atomic mass is 9.95. The molecule has 10 heteroatoms. The van der Waals surface area contributed by atoms with E-state index >= 15 is 0 Å². The van der Waals surface area contributed by atoms with Crippen LogP contribution in [-0.2, 0) is 14.8 Å². The van der Waals surface area contributed by atoms with Crippen LogP contribution in [0.5, 0.6) is 0 Å². The second-order valence-electron chi connectivity index (χ2n) is 9.50. The summed E-state index contributed by atoms with van der Waals surface area (Å²) < 4.78 is 27.3. The zero-order valence-electron chi connectivity index (χ0n) is 20.0. The third-order valence-electron chi connectivity index (χ3n) is 7.29. The third-order valence-corrected chi connectivity index (χ3v) is 9.33. The molecule has 0 saturated carbocycles. The van der Waals surface area contributed by atoms with E-state index < -0.39 is 10.0 Å². The minimum absolute atomic E-state index is 0.0568. The first-order chi connectivity index (χ1) is 17.4. The molecule has 2 N–H and O–H groups in total. The lowest BCUT2D eigenvalue weighted by Gasteiger charge is -2.39. The fourth-order valence-electron chi connectivity index (χ4n) is 5.41. The molecular formula is C26H31ClN5O3S+. The number of sulfonamides is 1. The molecule has 2 aromatic carbocycles. The van der Waals surface area contributed by atoms with Crippen LogP contribution in [0, 0.1) is 5.92 Å². The smallest absolute Gasteiger partial charge is 0.260 e. The molecule has 0 spiro atoms. The normalized spacial score (nSPS) is 20.8. The first-order valence-electron chi connectivity index (χ1n) is 12.4. The fourth-order valence-corrected chi connectivity index (χ4v) is 6.96. The Morgan fingerprint density at radius 3 is 2.39 bits per heavy atom. The van der Waals surface area contributed by atoms with Crippen LogP contribution < -0.4 is 4.90 Å². The minimum Gasteiger partial charge on any atom is -0.335 e. The average molecular weight is 529 g/mol. The topological polar surface area (TPSA) is 90.8 Å². The Morgan fingerprint density at radius 1 is 1.03 bits per heavy atom. The number of piperidine rings is 1. The molecular weight excluding hydrogens is 498 g/mol. The van der Waals surface area contributed by atoms with E-state index in [1.165, 1.54) is 32.9 Å². The highest BCUT2D eigenvalue weighted by Crippen LogP contribution is 2.25. The van der Waals surface area contributed by atoms with Gasteiger partial charge in [0.15, 0.2) is 5.03 Å². The van der Waals surface area contributed by atoms with Crippen molar-refractivity contribution in [3.63, 3.8) is 0 Å². The van der Waals surface area contributed by atoms with Gasteiger partial charge >= 0.3 is 0 Å². The van der Waals surface area contributed by atoms with Gasteiger partial charge in [0.2, 0.25) is 5.91 Å². The molecule has 2 aliphatic rings. The highest BCUT2D eigenvalue weighted by atomic mass is 35.5. The number of hydrogen-bond donors (Lipinski definition) is 2. The zero-order chi connectivity index (χ0) is 25.1. The number of rotatable bonds is 6. The van der Waals surface area contributed by atoms with Crippen molar-refractivity contribution in [2.45, 2.75) is 23.9 Å². The van der Waals surface area contributed by atoms with Crippen molar-refractivity contribution in [2.24, 2.45) is 5.92 Å². The van der Waals surface area contributed by atoms with Gasteiger partial charge in [-0.05, 0) is 25.0 Å². The molecule has 3 aromatic rings.